The quantitative estimate of drug-likeness (QED) is 0.700. The summed E-state index contributed by atoms with van der Waals surface area (Å²) in [6.45, 7) is -0.138. The monoisotopic (exact) mass is 314 g/mol. The van der Waals surface area contributed by atoms with E-state index < -0.39 is 7.82 Å². The van der Waals surface area contributed by atoms with E-state index in [1.807, 2.05) is 12.1 Å². The molecule has 0 aliphatic carbocycles. The maximum absolute atomic E-state index is 10.7. The number of ether oxygens (including phenoxy) is 1. The molecule has 0 saturated carbocycles. The van der Waals surface area contributed by atoms with Crippen molar-refractivity contribution in [1.82, 2.24) is 14.6 Å². The third-order valence-corrected chi connectivity index (χ3v) is 3.86. The van der Waals surface area contributed by atoms with Gasteiger partial charge in [-0.2, -0.15) is 5.10 Å². The summed E-state index contributed by atoms with van der Waals surface area (Å²) in [5.41, 5.74) is 7.30. The molecule has 114 valence electrons. The molecule has 21 heavy (non-hydrogen) atoms. The lowest BCUT2D eigenvalue weighted by Gasteiger charge is -2.14. The number of phosphoric ester groups is 1. The molecule has 1 fully saturated rings. The molecule has 0 amide bonds. The molecule has 2 aromatic heterocycles. The smallest absolute Gasteiger partial charge is 0.382 e. The van der Waals surface area contributed by atoms with Gasteiger partial charge in [0.15, 0.2) is 5.82 Å². The highest BCUT2D eigenvalue weighted by Crippen LogP contribution is 2.39. The zero-order valence-corrected chi connectivity index (χ0v) is 11.9. The van der Waals surface area contributed by atoms with Gasteiger partial charge in [-0.15, -0.1) is 0 Å². The number of aromatic nitrogens is 3. The Morgan fingerprint density at radius 2 is 2.29 bits per heavy atom. The van der Waals surface area contributed by atoms with Crippen LogP contribution in [0.5, 0.6) is 0 Å². The van der Waals surface area contributed by atoms with Crippen LogP contribution in [0.15, 0.2) is 18.5 Å². The molecular formula is C11H15N4O5P. The Bertz CT molecular complexity index is 699. The number of fused-ring (bicyclic) bond motifs is 1. The summed E-state index contributed by atoms with van der Waals surface area (Å²) in [6, 6.07) is 3.67. The van der Waals surface area contributed by atoms with Crippen molar-refractivity contribution in [2.24, 2.45) is 0 Å². The largest absolute Gasteiger partial charge is 0.469 e. The van der Waals surface area contributed by atoms with E-state index >= 15 is 0 Å². The van der Waals surface area contributed by atoms with Crippen molar-refractivity contribution in [1.29, 1.82) is 0 Å². The maximum Gasteiger partial charge on any atom is 0.469 e. The second-order valence-corrected chi connectivity index (χ2v) is 6.05. The molecule has 1 aliphatic rings. The highest BCUT2D eigenvalue weighted by molar-refractivity contribution is 7.46. The van der Waals surface area contributed by atoms with Crippen molar-refractivity contribution in [3.63, 3.8) is 0 Å². The van der Waals surface area contributed by atoms with Gasteiger partial charge in [-0.05, 0) is 25.0 Å². The Hall–Kier alpha value is -1.51. The van der Waals surface area contributed by atoms with Gasteiger partial charge in [0.1, 0.15) is 17.9 Å². The van der Waals surface area contributed by atoms with Crippen molar-refractivity contribution < 1.29 is 23.6 Å². The minimum absolute atomic E-state index is 0.138. The van der Waals surface area contributed by atoms with Gasteiger partial charge in [0.2, 0.25) is 0 Å². The summed E-state index contributed by atoms with van der Waals surface area (Å²) in [6.07, 6.45) is 2.17. The molecule has 3 rings (SSSR count). The van der Waals surface area contributed by atoms with Crippen molar-refractivity contribution >= 4 is 19.2 Å². The minimum atomic E-state index is -4.47. The number of rotatable bonds is 4. The number of nitrogens with two attached hydrogens (primary N) is 1. The number of anilines is 1. The van der Waals surface area contributed by atoms with Crippen molar-refractivity contribution in [2.45, 2.75) is 25.0 Å². The third kappa shape index (κ3) is 3.07. The molecule has 1 saturated heterocycles. The van der Waals surface area contributed by atoms with Crippen LogP contribution in [-0.2, 0) is 13.8 Å². The lowest BCUT2D eigenvalue weighted by Crippen LogP contribution is -2.14. The third-order valence-electron chi connectivity index (χ3n) is 3.38. The van der Waals surface area contributed by atoms with Gasteiger partial charge in [0.05, 0.1) is 18.4 Å². The number of hydrogen-bond donors (Lipinski definition) is 3. The SMILES string of the molecule is Nc1ncnn2c(C3CCC(COP(=O)(O)O)O3)ccc12. The van der Waals surface area contributed by atoms with Gasteiger partial charge in [0, 0.05) is 0 Å². The van der Waals surface area contributed by atoms with E-state index in [4.69, 9.17) is 20.3 Å². The summed E-state index contributed by atoms with van der Waals surface area (Å²) in [5, 5.41) is 4.15. The van der Waals surface area contributed by atoms with E-state index in [2.05, 4.69) is 14.6 Å². The van der Waals surface area contributed by atoms with Crippen LogP contribution in [0.4, 0.5) is 5.82 Å². The zero-order chi connectivity index (χ0) is 15.0. The Balaban J connectivity index is 1.73. The molecule has 10 heteroatoms. The summed E-state index contributed by atoms with van der Waals surface area (Å²) >= 11 is 0. The average molecular weight is 314 g/mol. The zero-order valence-electron chi connectivity index (χ0n) is 11.0. The number of phosphoric acid groups is 1. The molecule has 9 nitrogen and oxygen atoms in total. The Morgan fingerprint density at radius 1 is 1.48 bits per heavy atom. The minimum Gasteiger partial charge on any atom is -0.382 e. The molecule has 0 radical (unpaired) electrons. The molecular weight excluding hydrogens is 299 g/mol. The van der Waals surface area contributed by atoms with Crippen LogP contribution in [0, 0.1) is 0 Å². The Labute approximate surface area is 119 Å². The van der Waals surface area contributed by atoms with Crippen LogP contribution in [0.3, 0.4) is 0 Å². The van der Waals surface area contributed by atoms with Crippen molar-refractivity contribution in [2.75, 3.05) is 12.3 Å². The van der Waals surface area contributed by atoms with E-state index in [0.29, 0.717) is 24.2 Å². The summed E-state index contributed by atoms with van der Waals surface area (Å²) < 4.78 is 22.6. The predicted octanol–water partition coefficient (Wildman–Crippen LogP) is 0.641. The molecule has 0 bridgehead atoms. The molecule has 0 spiro atoms. The predicted molar refractivity (Wildman–Crippen MR) is 72.2 cm³/mol. The fraction of sp³-hybridized carbons (Fsp3) is 0.455. The molecule has 3 heterocycles. The van der Waals surface area contributed by atoms with E-state index in [-0.39, 0.29) is 18.8 Å². The molecule has 0 aromatic carbocycles. The standard InChI is InChI=1S/C11H15N4O5P/c12-11-9-3-2-8(15(9)14-6-13-11)10-4-1-7(20-10)5-19-21(16,17)18/h2-3,6-7,10H,1,4-5H2,(H2,12,13,14)(H2,16,17,18). The first-order chi connectivity index (χ1) is 9.94. The van der Waals surface area contributed by atoms with Crippen molar-refractivity contribution in [3.8, 4) is 0 Å². The van der Waals surface area contributed by atoms with Crippen molar-refractivity contribution in [3.05, 3.63) is 24.2 Å². The fourth-order valence-corrected chi connectivity index (χ4v) is 2.80. The lowest BCUT2D eigenvalue weighted by atomic mass is 10.1. The topological polar surface area (TPSA) is 132 Å². The molecule has 4 N–H and O–H groups in total. The number of nitrogen functional groups attached to an aromatic ring is 1. The van der Waals surface area contributed by atoms with Crippen LogP contribution in [0.25, 0.3) is 5.52 Å². The molecule has 1 aliphatic heterocycles. The van der Waals surface area contributed by atoms with Crippen LogP contribution >= 0.6 is 7.82 Å². The van der Waals surface area contributed by atoms with Gasteiger partial charge >= 0.3 is 7.82 Å². The lowest BCUT2D eigenvalue weighted by molar-refractivity contribution is 0.00783. The van der Waals surface area contributed by atoms with Crippen LogP contribution in [0.1, 0.15) is 24.6 Å². The maximum atomic E-state index is 10.7. The Kier molecular flexibility index (Phi) is 3.68. The van der Waals surface area contributed by atoms with Gasteiger partial charge < -0.3 is 20.3 Å². The molecule has 2 unspecified atom stereocenters. The molecule has 2 atom stereocenters. The number of nitrogens with zero attached hydrogens (tertiary/aromatic N) is 3. The summed E-state index contributed by atoms with van der Waals surface area (Å²) in [7, 11) is -4.47. The first kappa shape index (κ1) is 14.4. The first-order valence-corrected chi connectivity index (χ1v) is 7.91. The van der Waals surface area contributed by atoms with Gasteiger partial charge in [-0.1, -0.05) is 0 Å². The van der Waals surface area contributed by atoms with E-state index in [1.54, 1.807) is 4.52 Å². The second kappa shape index (κ2) is 5.36. The van der Waals surface area contributed by atoms with E-state index in [1.165, 1.54) is 6.33 Å². The highest BCUT2D eigenvalue weighted by atomic mass is 31.2. The highest BCUT2D eigenvalue weighted by Gasteiger charge is 2.30. The summed E-state index contributed by atoms with van der Waals surface area (Å²) in [4.78, 5) is 21.3. The number of hydrogen-bond acceptors (Lipinski definition) is 6. The molecule has 2 aromatic rings. The normalized spacial score (nSPS) is 23.0. The van der Waals surface area contributed by atoms with Gasteiger partial charge in [-0.3, -0.25) is 4.52 Å². The van der Waals surface area contributed by atoms with Gasteiger partial charge in [-0.25, -0.2) is 14.1 Å². The first-order valence-electron chi connectivity index (χ1n) is 6.38. The fourth-order valence-electron chi connectivity index (χ4n) is 2.44. The Morgan fingerprint density at radius 3 is 3.05 bits per heavy atom. The summed E-state index contributed by atoms with van der Waals surface area (Å²) in [5.74, 6) is 0.385. The van der Waals surface area contributed by atoms with E-state index in [0.717, 1.165) is 5.69 Å². The van der Waals surface area contributed by atoms with Crippen LogP contribution < -0.4 is 5.73 Å². The van der Waals surface area contributed by atoms with Gasteiger partial charge in [0.25, 0.3) is 0 Å². The van der Waals surface area contributed by atoms with E-state index in [9.17, 15) is 4.57 Å². The van der Waals surface area contributed by atoms with Crippen LogP contribution in [0.2, 0.25) is 0 Å². The average Bonchev–Trinajstić information content (AvgIpc) is 3.02. The second-order valence-electron chi connectivity index (χ2n) is 4.81. The van der Waals surface area contributed by atoms with Crippen LogP contribution in [-0.4, -0.2) is 37.1 Å².